The molecule has 2 rings (SSSR count). The van der Waals surface area contributed by atoms with Crippen LogP contribution in [0.15, 0.2) is 24.3 Å². The highest BCUT2D eigenvalue weighted by atomic mass is 35.5. The monoisotopic (exact) mass is 433 g/mol. The maximum Gasteiger partial charge on any atom is 0.312 e. The molecule has 0 spiro atoms. The van der Waals surface area contributed by atoms with E-state index in [2.05, 4.69) is 10.3 Å². The van der Waals surface area contributed by atoms with Gasteiger partial charge in [0.25, 0.3) is 0 Å². The lowest BCUT2D eigenvalue weighted by atomic mass is 10.0. The Kier molecular flexibility index (Phi) is 7.39. The molecule has 2 aromatic rings. The molecule has 0 bridgehead atoms. The number of primary amides is 1. The molecule has 9 heteroatoms. The molecule has 0 aliphatic heterocycles. The summed E-state index contributed by atoms with van der Waals surface area (Å²) < 4.78 is 5.28. The number of aromatic amines is 1. The highest BCUT2D eigenvalue weighted by Gasteiger charge is 2.27. The first kappa shape index (κ1) is 23.2. The second-order valence-corrected chi connectivity index (χ2v) is 7.43. The molecule has 1 aromatic carbocycles. The zero-order valence-electron chi connectivity index (χ0n) is 17.2. The summed E-state index contributed by atoms with van der Waals surface area (Å²) in [5.41, 5.74) is 7.58. The third kappa shape index (κ3) is 5.48. The summed E-state index contributed by atoms with van der Waals surface area (Å²) in [6, 6.07) is 4.99. The van der Waals surface area contributed by atoms with Crippen molar-refractivity contribution < 1.29 is 23.9 Å². The van der Waals surface area contributed by atoms with Crippen molar-refractivity contribution in [3.8, 4) is 0 Å². The Morgan fingerprint density at radius 2 is 1.77 bits per heavy atom. The van der Waals surface area contributed by atoms with Crippen LogP contribution in [-0.2, 0) is 9.53 Å². The normalized spacial score (nSPS) is 12.7. The molecule has 0 aliphatic carbocycles. The number of nitrogens with one attached hydrogen (secondary N) is 2. The lowest BCUT2D eigenvalue weighted by Crippen LogP contribution is -2.35. The van der Waals surface area contributed by atoms with E-state index in [9.17, 15) is 19.2 Å². The summed E-state index contributed by atoms with van der Waals surface area (Å²) in [4.78, 5) is 51.2. The summed E-state index contributed by atoms with van der Waals surface area (Å²) >= 11 is 5.87. The van der Waals surface area contributed by atoms with Gasteiger partial charge in [0, 0.05) is 16.3 Å². The fraction of sp³-hybridized carbons (Fsp3) is 0.333. The van der Waals surface area contributed by atoms with E-state index < -0.39 is 29.9 Å². The smallest absolute Gasteiger partial charge is 0.312 e. The first-order valence-corrected chi connectivity index (χ1v) is 9.64. The van der Waals surface area contributed by atoms with Gasteiger partial charge in [0.05, 0.1) is 18.2 Å². The lowest BCUT2D eigenvalue weighted by molar-refractivity contribution is -0.146. The Morgan fingerprint density at radius 3 is 2.27 bits per heavy atom. The highest BCUT2D eigenvalue weighted by Crippen LogP contribution is 2.22. The van der Waals surface area contributed by atoms with Crippen molar-refractivity contribution >= 4 is 35.2 Å². The average Bonchev–Trinajstić information content (AvgIpc) is 2.94. The predicted octanol–water partition coefficient (Wildman–Crippen LogP) is 3.40. The van der Waals surface area contributed by atoms with E-state index in [0.29, 0.717) is 27.4 Å². The molecule has 4 N–H and O–H groups in total. The van der Waals surface area contributed by atoms with Crippen molar-refractivity contribution in [2.45, 2.75) is 46.3 Å². The molecule has 160 valence electrons. The molecule has 0 fully saturated rings. The maximum absolute atomic E-state index is 12.7. The van der Waals surface area contributed by atoms with Crippen molar-refractivity contribution in [1.29, 1.82) is 0 Å². The van der Waals surface area contributed by atoms with E-state index in [1.165, 1.54) is 13.8 Å². The summed E-state index contributed by atoms with van der Waals surface area (Å²) in [5.74, 6) is -1.31. The number of esters is 1. The molecular formula is C21H24ClN3O5. The van der Waals surface area contributed by atoms with Crippen molar-refractivity contribution in [3.05, 3.63) is 57.4 Å². The van der Waals surface area contributed by atoms with Gasteiger partial charge in [0.1, 0.15) is 0 Å². The van der Waals surface area contributed by atoms with Gasteiger partial charge in [-0.3, -0.25) is 14.4 Å². The van der Waals surface area contributed by atoms with E-state index in [-0.39, 0.29) is 17.9 Å². The van der Waals surface area contributed by atoms with Crippen LogP contribution >= 0.6 is 11.6 Å². The van der Waals surface area contributed by atoms with Gasteiger partial charge in [-0.1, -0.05) is 23.7 Å². The number of urea groups is 1. The molecule has 30 heavy (non-hydrogen) atoms. The molecule has 0 unspecified atom stereocenters. The number of amides is 2. The fourth-order valence-electron chi connectivity index (χ4n) is 3.31. The van der Waals surface area contributed by atoms with Crippen LogP contribution in [0.1, 0.15) is 64.0 Å². The number of halogens is 1. The van der Waals surface area contributed by atoms with Crippen LogP contribution in [0.3, 0.4) is 0 Å². The van der Waals surface area contributed by atoms with Crippen LogP contribution in [0, 0.1) is 13.8 Å². The number of Topliss-reactive ketones (excluding diaryl/α,β-unsaturated/α-hetero) is 2. The average molecular weight is 434 g/mol. The number of H-pyrrole nitrogens is 1. The van der Waals surface area contributed by atoms with Crippen LogP contribution in [0.4, 0.5) is 4.79 Å². The minimum Gasteiger partial charge on any atom is -0.454 e. The van der Waals surface area contributed by atoms with Crippen LogP contribution < -0.4 is 11.1 Å². The number of carbonyl (C=O) groups excluding carboxylic acids is 4. The second kappa shape index (κ2) is 9.58. The quantitative estimate of drug-likeness (QED) is 0.433. The van der Waals surface area contributed by atoms with Gasteiger partial charge >= 0.3 is 12.0 Å². The Labute approximate surface area is 179 Å². The van der Waals surface area contributed by atoms with Crippen LogP contribution in [-0.4, -0.2) is 34.7 Å². The summed E-state index contributed by atoms with van der Waals surface area (Å²) in [6.07, 6.45) is -1.32. The number of hydrogen-bond acceptors (Lipinski definition) is 5. The lowest BCUT2D eigenvalue weighted by Gasteiger charge is -2.19. The van der Waals surface area contributed by atoms with Crippen LogP contribution in [0.5, 0.6) is 0 Å². The highest BCUT2D eigenvalue weighted by molar-refractivity contribution is 6.30. The SMILES string of the molecule is CC(=O)c1c(C)[nH]c(C(=O)[C@H](C)OC(=O)C[C@@H](NC(N)=O)c2ccc(Cl)cc2)c1C. The largest absolute Gasteiger partial charge is 0.454 e. The number of benzene rings is 1. The van der Waals surface area contributed by atoms with Gasteiger partial charge in [-0.2, -0.15) is 0 Å². The zero-order chi connectivity index (χ0) is 22.6. The van der Waals surface area contributed by atoms with Crippen LogP contribution in [0.25, 0.3) is 0 Å². The third-order valence-electron chi connectivity index (χ3n) is 4.67. The molecule has 1 heterocycles. The van der Waals surface area contributed by atoms with E-state index in [1.807, 2.05) is 0 Å². The number of ketones is 2. The third-order valence-corrected chi connectivity index (χ3v) is 4.93. The van der Waals surface area contributed by atoms with E-state index >= 15 is 0 Å². The number of nitrogens with two attached hydrogens (primary N) is 1. The van der Waals surface area contributed by atoms with Gasteiger partial charge < -0.3 is 20.8 Å². The molecule has 0 radical (unpaired) electrons. The number of aromatic nitrogens is 1. The number of aryl methyl sites for hydroxylation is 1. The topological polar surface area (TPSA) is 131 Å². The minimum absolute atomic E-state index is 0.159. The van der Waals surface area contributed by atoms with Gasteiger partial charge in [-0.15, -0.1) is 0 Å². The zero-order valence-corrected chi connectivity index (χ0v) is 17.9. The molecule has 0 aliphatic rings. The fourth-order valence-corrected chi connectivity index (χ4v) is 3.44. The van der Waals surface area contributed by atoms with Crippen molar-refractivity contribution in [1.82, 2.24) is 10.3 Å². The van der Waals surface area contributed by atoms with Gasteiger partial charge in [-0.05, 0) is 51.0 Å². The van der Waals surface area contributed by atoms with Crippen molar-refractivity contribution in [3.63, 3.8) is 0 Å². The number of hydrogen-bond donors (Lipinski definition) is 3. The molecule has 1 aromatic heterocycles. The Morgan fingerprint density at radius 1 is 1.17 bits per heavy atom. The summed E-state index contributed by atoms with van der Waals surface area (Å²) in [5, 5.41) is 2.98. The Bertz CT molecular complexity index is 981. The number of rotatable bonds is 8. The summed E-state index contributed by atoms with van der Waals surface area (Å²) in [6.45, 7) is 6.23. The molecule has 2 atom stereocenters. The standard InChI is InChI=1S/C21H24ClN3O5/c1-10-18(12(3)26)11(2)24-19(10)20(28)13(4)30-17(27)9-16(25-21(23)29)14-5-7-15(22)8-6-14/h5-8,13,16,24H,9H2,1-4H3,(H3,23,25,29)/t13-,16+/m0/s1. The Hall–Kier alpha value is -3.13. The van der Waals surface area contributed by atoms with Crippen molar-refractivity contribution in [2.75, 3.05) is 0 Å². The van der Waals surface area contributed by atoms with Crippen molar-refractivity contribution in [2.24, 2.45) is 5.73 Å². The first-order valence-electron chi connectivity index (χ1n) is 9.26. The van der Waals surface area contributed by atoms with E-state index in [4.69, 9.17) is 22.1 Å². The van der Waals surface area contributed by atoms with Gasteiger partial charge in [-0.25, -0.2) is 4.79 Å². The van der Waals surface area contributed by atoms with E-state index in [0.717, 1.165) is 0 Å². The first-order chi connectivity index (χ1) is 14.0. The van der Waals surface area contributed by atoms with E-state index in [1.54, 1.807) is 38.1 Å². The molecular weight excluding hydrogens is 410 g/mol. The van der Waals surface area contributed by atoms with Gasteiger partial charge in [0.2, 0.25) is 5.78 Å². The second-order valence-electron chi connectivity index (χ2n) is 6.99. The number of carbonyl (C=O) groups is 4. The Balaban J connectivity index is 2.12. The summed E-state index contributed by atoms with van der Waals surface area (Å²) in [7, 11) is 0. The number of ether oxygens (including phenoxy) is 1. The van der Waals surface area contributed by atoms with Crippen LogP contribution in [0.2, 0.25) is 5.02 Å². The minimum atomic E-state index is -1.09. The molecule has 8 nitrogen and oxygen atoms in total. The maximum atomic E-state index is 12.7. The molecule has 0 saturated carbocycles. The van der Waals surface area contributed by atoms with Gasteiger partial charge in [0.15, 0.2) is 11.9 Å². The predicted molar refractivity (Wildman–Crippen MR) is 112 cm³/mol. The molecule has 2 amide bonds. The molecule has 0 saturated heterocycles.